The van der Waals surface area contributed by atoms with Gasteiger partial charge in [0.2, 0.25) is 17.9 Å². The molecular formula is C25H21F3N4O4. The number of carbonyl (C=O) groups is 1. The zero-order valence-corrected chi connectivity index (χ0v) is 18.6. The number of nitrogens with zero attached hydrogens (tertiary/aromatic N) is 2. The van der Waals surface area contributed by atoms with Gasteiger partial charge in [0.25, 0.3) is 0 Å². The van der Waals surface area contributed by atoms with Crippen LogP contribution in [0.1, 0.15) is 17.2 Å². The molecule has 8 nitrogen and oxygen atoms in total. The fraction of sp³-hybridized carbons (Fsp3) is 0.160. The van der Waals surface area contributed by atoms with Crippen molar-refractivity contribution in [3.8, 4) is 28.3 Å². The van der Waals surface area contributed by atoms with Gasteiger partial charge in [-0.3, -0.25) is 4.79 Å². The van der Waals surface area contributed by atoms with Gasteiger partial charge in [0.1, 0.15) is 6.04 Å². The normalized spacial score (nSPS) is 13.2. The Morgan fingerprint density at radius 1 is 1.00 bits per heavy atom. The van der Waals surface area contributed by atoms with Crippen LogP contribution < -0.4 is 16.2 Å². The number of nitrogen functional groups attached to an aromatic ring is 1. The molecule has 2 atom stereocenters. The van der Waals surface area contributed by atoms with E-state index in [4.69, 9.17) is 25.7 Å². The lowest BCUT2D eigenvalue weighted by molar-refractivity contribution is -0.198. The summed E-state index contributed by atoms with van der Waals surface area (Å²) in [7, 11) is 0. The third-order valence-electron chi connectivity index (χ3n) is 5.35. The molecule has 2 aromatic carbocycles. The van der Waals surface area contributed by atoms with Gasteiger partial charge in [0, 0.05) is 22.8 Å². The number of anilines is 1. The molecule has 0 bridgehead atoms. The molecule has 4 aromatic rings. The topological polar surface area (TPSA) is 137 Å². The first-order valence-corrected chi connectivity index (χ1v) is 10.7. The van der Waals surface area contributed by atoms with Crippen LogP contribution in [-0.2, 0) is 11.2 Å². The minimum atomic E-state index is -4.73. The molecule has 0 fully saturated rings. The lowest BCUT2D eigenvalue weighted by Gasteiger charge is -2.22. The summed E-state index contributed by atoms with van der Waals surface area (Å²) in [5.74, 6) is -1.74. The smallest absolute Gasteiger partial charge is 0.429 e. The highest BCUT2D eigenvalue weighted by Crippen LogP contribution is 2.38. The monoisotopic (exact) mass is 498 g/mol. The van der Waals surface area contributed by atoms with Crippen LogP contribution in [0, 0.1) is 0 Å². The number of furan rings is 1. The van der Waals surface area contributed by atoms with Gasteiger partial charge in [0.15, 0.2) is 0 Å². The first-order chi connectivity index (χ1) is 17.1. The molecular weight excluding hydrogens is 477 g/mol. The van der Waals surface area contributed by atoms with Crippen molar-refractivity contribution >= 4 is 11.9 Å². The molecule has 11 heteroatoms. The lowest BCUT2D eigenvalue weighted by atomic mass is 10.0. The molecule has 0 aliphatic rings. The molecule has 0 aliphatic heterocycles. The fourth-order valence-corrected chi connectivity index (χ4v) is 3.53. The number of ether oxygens (including phenoxy) is 1. The maximum atomic E-state index is 13.9. The Labute approximate surface area is 203 Å². The van der Waals surface area contributed by atoms with Gasteiger partial charge in [0.05, 0.1) is 18.2 Å². The molecule has 0 spiro atoms. The standard InChI is InChI=1S/C25H21F3N4O4/c26-25(27,28)22(17-7-5-15(6-8-17)18-9-10-35-13-18)36-21-12-20(31-24(30)32-21)16-3-1-14(2-4-16)11-19(29)23(33)34/h1-10,12-13,19,22H,11,29H2,(H,33,34)(H2,30,31,32). The van der Waals surface area contributed by atoms with Gasteiger partial charge in [-0.15, -0.1) is 0 Å². The van der Waals surface area contributed by atoms with Crippen molar-refractivity contribution in [1.82, 2.24) is 9.97 Å². The molecule has 2 heterocycles. The molecule has 2 aromatic heterocycles. The number of carboxylic acids is 1. The molecule has 2 unspecified atom stereocenters. The number of rotatable bonds is 8. The van der Waals surface area contributed by atoms with Gasteiger partial charge >= 0.3 is 12.1 Å². The van der Waals surface area contributed by atoms with Crippen molar-refractivity contribution in [2.75, 3.05) is 5.73 Å². The Bertz CT molecular complexity index is 1330. The van der Waals surface area contributed by atoms with E-state index < -0.39 is 24.3 Å². The number of hydrogen-bond acceptors (Lipinski definition) is 7. The number of nitrogens with two attached hydrogens (primary N) is 2. The van der Waals surface area contributed by atoms with Crippen LogP contribution in [0.2, 0.25) is 0 Å². The highest BCUT2D eigenvalue weighted by Gasteiger charge is 2.43. The molecule has 36 heavy (non-hydrogen) atoms. The Hall–Kier alpha value is -4.38. The zero-order chi connectivity index (χ0) is 25.9. The van der Waals surface area contributed by atoms with Gasteiger partial charge in [-0.1, -0.05) is 48.5 Å². The second-order valence-corrected chi connectivity index (χ2v) is 7.97. The Balaban J connectivity index is 1.58. The first kappa shape index (κ1) is 24.7. The van der Waals surface area contributed by atoms with E-state index in [1.807, 2.05) is 0 Å². The van der Waals surface area contributed by atoms with Crippen molar-refractivity contribution in [3.05, 3.63) is 84.3 Å². The third kappa shape index (κ3) is 5.81. The summed E-state index contributed by atoms with van der Waals surface area (Å²) >= 11 is 0. The molecule has 5 N–H and O–H groups in total. The largest absolute Gasteiger partial charge is 0.480 e. The van der Waals surface area contributed by atoms with Crippen LogP contribution in [-0.4, -0.2) is 33.3 Å². The van der Waals surface area contributed by atoms with Crippen molar-refractivity contribution in [3.63, 3.8) is 0 Å². The quantitative estimate of drug-likeness (QED) is 0.320. The second kappa shape index (κ2) is 10.1. The van der Waals surface area contributed by atoms with Gasteiger partial charge in [-0.05, 0) is 23.6 Å². The van der Waals surface area contributed by atoms with E-state index in [0.29, 0.717) is 16.7 Å². The first-order valence-electron chi connectivity index (χ1n) is 10.7. The maximum absolute atomic E-state index is 13.9. The van der Waals surface area contributed by atoms with Crippen molar-refractivity contribution < 1.29 is 32.2 Å². The second-order valence-electron chi connectivity index (χ2n) is 7.97. The Kier molecular flexibility index (Phi) is 6.93. The average Bonchev–Trinajstić information content (AvgIpc) is 3.37. The summed E-state index contributed by atoms with van der Waals surface area (Å²) in [6.45, 7) is 0. The van der Waals surface area contributed by atoms with Gasteiger partial charge in [-0.25, -0.2) is 4.98 Å². The average molecular weight is 498 g/mol. The molecule has 0 aliphatic carbocycles. The van der Waals surface area contributed by atoms with Crippen LogP contribution in [0.4, 0.5) is 19.1 Å². The highest BCUT2D eigenvalue weighted by atomic mass is 19.4. The number of alkyl halides is 3. The van der Waals surface area contributed by atoms with Crippen LogP contribution in [0.3, 0.4) is 0 Å². The minimum absolute atomic E-state index is 0.114. The summed E-state index contributed by atoms with van der Waals surface area (Å²) in [4.78, 5) is 18.9. The molecule has 4 rings (SSSR count). The SMILES string of the molecule is Nc1nc(OC(c2ccc(-c3ccoc3)cc2)C(F)(F)F)cc(-c2ccc(CC(N)C(=O)O)cc2)n1. The summed E-state index contributed by atoms with van der Waals surface area (Å²) in [6, 6.07) is 14.2. The van der Waals surface area contributed by atoms with Gasteiger partial charge in [-0.2, -0.15) is 18.2 Å². The summed E-state index contributed by atoms with van der Waals surface area (Å²) in [5, 5.41) is 8.95. The van der Waals surface area contributed by atoms with Crippen LogP contribution in [0.5, 0.6) is 5.88 Å². The fourth-order valence-electron chi connectivity index (χ4n) is 3.53. The molecule has 0 radical (unpaired) electrons. The minimum Gasteiger partial charge on any atom is -0.480 e. The summed E-state index contributed by atoms with van der Waals surface area (Å²) in [5.41, 5.74) is 14.0. The van der Waals surface area contributed by atoms with Crippen molar-refractivity contribution in [2.24, 2.45) is 5.73 Å². The summed E-state index contributed by atoms with van der Waals surface area (Å²) < 4.78 is 52.1. The van der Waals surface area contributed by atoms with Crippen LogP contribution in [0.25, 0.3) is 22.4 Å². The van der Waals surface area contributed by atoms with E-state index >= 15 is 0 Å². The van der Waals surface area contributed by atoms with Crippen LogP contribution >= 0.6 is 0 Å². The van der Waals surface area contributed by atoms with E-state index in [2.05, 4.69) is 9.97 Å². The number of aromatic nitrogens is 2. The molecule has 186 valence electrons. The third-order valence-corrected chi connectivity index (χ3v) is 5.35. The number of benzene rings is 2. The number of hydrogen-bond donors (Lipinski definition) is 3. The molecule has 0 saturated heterocycles. The van der Waals surface area contributed by atoms with E-state index in [0.717, 1.165) is 5.56 Å². The maximum Gasteiger partial charge on any atom is 0.429 e. The number of aliphatic carboxylic acids is 1. The van der Waals surface area contributed by atoms with Crippen LogP contribution in [0.15, 0.2) is 77.6 Å². The highest BCUT2D eigenvalue weighted by molar-refractivity contribution is 5.73. The number of carboxylic acid groups (broad SMARTS) is 1. The Morgan fingerprint density at radius 3 is 2.25 bits per heavy atom. The zero-order valence-electron chi connectivity index (χ0n) is 18.6. The lowest BCUT2D eigenvalue weighted by Crippen LogP contribution is -2.32. The van der Waals surface area contributed by atoms with Gasteiger partial charge < -0.3 is 25.7 Å². The predicted octanol–water partition coefficient (Wildman–Crippen LogP) is 4.62. The summed E-state index contributed by atoms with van der Waals surface area (Å²) in [6.07, 6.45) is -3.95. The van der Waals surface area contributed by atoms with E-state index in [9.17, 15) is 18.0 Å². The predicted molar refractivity (Wildman–Crippen MR) is 125 cm³/mol. The van der Waals surface area contributed by atoms with Crippen molar-refractivity contribution in [2.45, 2.75) is 24.7 Å². The molecule has 0 amide bonds. The van der Waals surface area contributed by atoms with E-state index in [1.165, 1.54) is 30.7 Å². The van der Waals surface area contributed by atoms with E-state index in [1.54, 1.807) is 42.5 Å². The Morgan fingerprint density at radius 2 is 1.67 bits per heavy atom. The molecule has 0 saturated carbocycles. The number of halogens is 3. The van der Waals surface area contributed by atoms with E-state index in [-0.39, 0.29) is 29.5 Å². The van der Waals surface area contributed by atoms with Crippen molar-refractivity contribution in [1.29, 1.82) is 0 Å².